The third-order valence-electron chi connectivity index (χ3n) is 4.36. The molecule has 3 aromatic rings. The van der Waals surface area contributed by atoms with E-state index in [1.54, 1.807) is 6.07 Å². The summed E-state index contributed by atoms with van der Waals surface area (Å²) in [4.78, 5) is 12.2. The molecule has 0 radical (unpaired) electrons. The van der Waals surface area contributed by atoms with Gasteiger partial charge in [-0.25, -0.2) is 0 Å². The summed E-state index contributed by atoms with van der Waals surface area (Å²) in [7, 11) is 0. The van der Waals surface area contributed by atoms with Gasteiger partial charge in [0, 0.05) is 24.8 Å². The number of carbonyl (C=O) groups excluding carboxylic acids is 1. The van der Waals surface area contributed by atoms with Crippen molar-refractivity contribution in [2.45, 2.75) is 30.2 Å². The molecular weight excluding hydrogens is 410 g/mol. The standard InChI is InChI=1S/C19H21N5O3S2/c1-12-4-6-13(7-5-12)15-9-17(27-24-15)21-16(25)11-28-19-23-22-18(29-19)20-10-14-3-2-8-26-14/h4-7,9,14H,2-3,8,10-11H2,1H3,(H,20,22)(H,21,25). The van der Waals surface area contributed by atoms with Gasteiger partial charge in [0.05, 0.1) is 11.9 Å². The first kappa shape index (κ1) is 19.9. The molecule has 1 aliphatic heterocycles. The van der Waals surface area contributed by atoms with E-state index in [4.69, 9.17) is 9.26 Å². The average molecular weight is 432 g/mol. The van der Waals surface area contributed by atoms with Crippen LogP contribution in [0.1, 0.15) is 18.4 Å². The molecule has 0 aliphatic carbocycles. The van der Waals surface area contributed by atoms with E-state index in [1.165, 1.54) is 28.7 Å². The highest BCUT2D eigenvalue weighted by Gasteiger charge is 2.16. The van der Waals surface area contributed by atoms with E-state index in [0.29, 0.717) is 11.6 Å². The highest BCUT2D eigenvalue weighted by molar-refractivity contribution is 8.01. The number of hydrogen-bond acceptors (Lipinski definition) is 9. The molecule has 1 saturated heterocycles. The third kappa shape index (κ3) is 5.55. The Balaban J connectivity index is 1.23. The maximum absolute atomic E-state index is 12.2. The van der Waals surface area contributed by atoms with Gasteiger partial charge in [-0.05, 0) is 19.8 Å². The maximum Gasteiger partial charge on any atom is 0.237 e. The molecule has 3 heterocycles. The van der Waals surface area contributed by atoms with Crippen molar-refractivity contribution in [1.29, 1.82) is 0 Å². The Kier molecular flexibility index (Phi) is 6.43. The van der Waals surface area contributed by atoms with Crippen molar-refractivity contribution in [3.8, 4) is 11.3 Å². The van der Waals surface area contributed by atoms with Crippen molar-refractivity contribution in [1.82, 2.24) is 15.4 Å². The fourth-order valence-electron chi connectivity index (χ4n) is 2.84. The summed E-state index contributed by atoms with van der Waals surface area (Å²) in [5.41, 5.74) is 2.79. The molecule has 10 heteroatoms. The van der Waals surface area contributed by atoms with Crippen molar-refractivity contribution < 1.29 is 14.1 Å². The Morgan fingerprint density at radius 3 is 2.97 bits per heavy atom. The minimum absolute atomic E-state index is 0.189. The zero-order valence-corrected chi connectivity index (χ0v) is 17.5. The number of hydrogen-bond donors (Lipinski definition) is 2. The number of aryl methyl sites for hydroxylation is 1. The number of nitrogens with zero attached hydrogens (tertiary/aromatic N) is 3. The number of aromatic nitrogens is 3. The number of thioether (sulfide) groups is 1. The van der Waals surface area contributed by atoms with Crippen molar-refractivity contribution >= 4 is 40.0 Å². The number of rotatable bonds is 8. The third-order valence-corrected chi connectivity index (χ3v) is 6.37. The lowest BCUT2D eigenvalue weighted by molar-refractivity contribution is -0.113. The molecule has 8 nitrogen and oxygen atoms in total. The molecule has 1 aromatic carbocycles. The summed E-state index contributed by atoms with van der Waals surface area (Å²) in [5.74, 6) is 0.342. The average Bonchev–Trinajstić information content (AvgIpc) is 3.47. The molecular formula is C19H21N5O3S2. The maximum atomic E-state index is 12.2. The molecule has 4 rings (SSSR count). The van der Waals surface area contributed by atoms with Gasteiger partial charge < -0.3 is 14.6 Å². The number of nitrogens with one attached hydrogen (secondary N) is 2. The molecule has 0 saturated carbocycles. The van der Waals surface area contributed by atoms with E-state index in [2.05, 4.69) is 26.0 Å². The largest absolute Gasteiger partial charge is 0.376 e. The van der Waals surface area contributed by atoms with Crippen LogP contribution < -0.4 is 10.6 Å². The SMILES string of the molecule is Cc1ccc(-c2cc(NC(=O)CSc3nnc(NCC4CCCO4)s3)on2)cc1. The molecule has 1 fully saturated rings. The molecule has 1 atom stereocenters. The van der Waals surface area contributed by atoms with Crippen LogP contribution in [0, 0.1) is 6.92 Å². The number of amides is 1. The van der Waals surface area contributed by atoms with E-state index < -0.39 is 0 Å². The minimum Gasteiger partial charge on any atom is -0.376 e. The van der Waals surface area contributed by atoms with Crippen LogP contribution in [0.25, 0.3) is 11.3 Å². The van der Waals surface area contributed by atoms with Crippen LogP contribution in [-0.4, -0.2) is 46.3 Å². The summed E-state index contributed by atoms with van der Waals surface area (Å²) in [6.45, 7) is 3.59. The molecule has 1 aliphatic rings. The molecule has 1 amide bonds. The lowest BCUT2D eigenvalue weighted by atomic mass is 10.1. The predicted octanol–water partition coefficient (Wildman–Crippen LogP) is 3.82. The van der Waals surface area contributed by atoms with Gasteiger partial charge in [0.1, 0.15) is 5.69 Å². The lowest BCUT2D eigenvalue weighted by Crippen LogP contribution is -2.18. The summed E-state index contributed by atoms with van der Waals surface area (Å²) >= 11 is 2.76. The van der Waals surface area contributed by atoms with Gasteiger partial charge in [-0.2, -0.15) is 0 Å². The number of benzene rings is 1. The molecule has 0 bridgehead atoms. The van der Waals surface area contributed by atoms with Crippen molar-refractivity contribution in [3.05, 3.63) is 35.9 Å². The fourth-order valence-corrected chi connectivity index (χ4v) is 4.40. The smallest absolute Gasteiger partial charge is 0.237 e. The summed E-state index contributed by atoms with van der Waals surface area (Å²) in [6.07, 6.45) is 2.42. The van der Waals surface area contributed by atoms with Gasteiger partial charge in [-0.1, -0.05) is 58.1 Å². The summed E-state index contributed by atoms with van der Waals surface area (Å²) in [6, 6.07) is 9.66. The van der Waals surface area contributed by atoms with Crippen LogP contribution in [0.2, 0.25) is 0 Å². The van der Waals surface area contributed by atoms with E-state index in [-0.39, 0.29) is 17.8 Å². The number of anilines is 2. The van der Waals surface area contributed by atoms with Crippen LogP contribution in [0.5, 0.6) is 0 Å². The second-order valence-electron chi connectivity index (χ2n) is 6.67. The van der Waals surface area contributed by atoms with Crippen LogP contribution >= 0.6 is 23.1 Å². The van der Waals surface area contributed by atoms with Crippen molar-refractivity contribution in [3.63, 3.8) is 0 Å². The van der Waals surface area contributed by atoms with Crippen molar-refractivity contribution in [2.24, 2.45) is 0 Å². The molecule has 0 spiro atoms. The lowest BCUT2D eigenvalue weighted by Gasteiger charge is -2.08. The zero-order chi connectivity index (χ0) is 20.1. The van der Waals surface area contributed by atoms with E-state index >= 15 is 0 Å². The minimum atomic E-state index is -0.189. The Hall–Kier alpha value is -2.43. The van der Waals surface area contributed by atoms with Gasteiger partial charge in [0.25, 0.3) is 0 Å². The van der Waals surface area contributed by atoms with Gasteiger partial charge in [-0.15, -0.1) is 10.2 Å². The Morgan fingerprint density at radius 1 is 1.31 bits per heavy atom. The molecule has 29 heavy (non-hydrogen) atoms. The first-order chi connectivity index (χ1) is 14.2. The highest BCUT2D eigenvalue weighted by Crippen LogP contribution is 2.26. The molecule has 1 unspecified atom stereocenters. The quantitative estimate of drug-likeness (QED) is 0.519. The van der Waals surface area contributed by atoms with Crippen molar-refractivity contribution in [2.75, 3.05) is 29.5 Å². The molecule has 2 N–H and O–H groups in total. The van der Waals surface area contributed by atoms with Crippen LogP contribution in [-0.2, 0) is 9.53 Å². The number of ether oxygens (including phenoxy) is 1. The number of carbonyl (C=O) groups is 1. The van der Waals surface area contributed by atoms with E-state index in [9.17, 15) is 4.79 Å². The second kappa shape index (κ2) is 9.38. The normalized spacial score (nSPS) is 16.1. The topological polar surface area (TPSA) is 102 Å². The first-order valence-corrected chi connectivity index (χ1v) is 11.1. The summed E-state index contributed by atoms with van der Waals surface area (Å²) in [5, 5.41) is 18.9. The monoisotopic (exact) mass is 431 g/mol. The molecule has 152 valence electrons. The first-order valence-electron chi connectivity index (χ1n) is 9.31. The van der Waals surface area contributed by atoms with E-state index in [1.807, 2.05) is 31.2 Å². The van der Waals surface area contributed by atoms with Gasteiger partial charge in [-0.3, -0.25) is 10.1 Å². The summed E-state index contributed by atoms with van der Waals surface area (Å²) < 4.78 is 11.5. The van der Waals surface area contributed by atoms with Crippen LogP contribution in [0.15, 0.2) is 39.2 Å². The van der Waals surface area contributed by atoms with Gasteiger partial charge in [0.2, 0.25) is 16.9 Å². The Morgan fingerprint density at radius 2 is 2.17 bits per heavy atom. The fraction of sp³-hybridized carbons (Fsp3) is 0.368. The van der Waals surface area contributed by atoms with Crippen LogP contribution in [0.3, 0.4) is 0 Å². The molecule has 2 aromatic heterocycles. The van der Waals surface area contributed by atoms with Gasteiger partial charge >= 0.3 is 0 Å². The highest BCUT2D eigenvalue weighted by atomic mass is 32.2. The van der Waals surface area contributed by atoms with Crippen LogP contribution in [0.4, 0.5) is 11.0 Å². The van der Waals surface area contributed by atoms with E-state index in [0.717, 1.165) is 41.0 Å². The predicted molar refractivity (Wildman–Crippen MR) is 113 cm³/mol. The zero-order valence-electron chi connectivity index (χ0n) is 15.9. The Labute approximate surface area is 176 Å². The Bertz CT molecular complexity index is 951. The second-order valence-corrected chi connectivity index (χ2v) is 8.87. The van der Waals surface area contributed by atoms with Gasteiger partial charge in [0.15, 0.2) is 4.34 Å².